The Kier molecular flexibility index (Phi) is 5.78. The highest BCUT2D eigenvalue weighted by atomic mass is 127. The first-order chi connectivity index (χ1) is 5.24. The van der Waals surface area contributed by atoms with Crippen molar-refractivity contribution >= 4 is 35.0 Å². The van der Waals surface area contributed by atoms with Gasteiger partial charge in [0.25, 0.3) is 0 Å². The summed E-state index contributed by atoms with van der Waals surface area (Å²) in [6.07, 6.45) is 0. The van der Waals surface area contributed by atoms with Crippen LogP contribution in [0.25, 0.3) is 0 Å². The molecule has 1 nitrogen and oxygen atoms in total. The summed E-state index contributed by atoms with van der Waals surface area (Å²) in [5, 5.41) is 0. The molecule has 0 amide bonds. The third kappa shape index (κ3) is 3.25. The van der Waals surface area contributed by atoms with Crippen molar-refractivity contribution in [2.24, 2.45) is 5.73 Å². The third-order valence-electron chi connectivity index (χ3n) is 1.46. The second kappa shape index (κ2) is 5.72. The Morgan fingerprint density at radius 2 is 1.83 bits per heavy atom. The molecule has 0 bridgehead atoms. The Bertz CT molecular complexity index is 227. The largest absolute Gasteiger partial charge is 0.322 e. The predicted molar refractivity (Wildman–Crippen MR) is 59.3 cm³/mol. The van der Waals surface area contributed by atoms with Crippen molar-refractivity contribution in [2.75, 3.05) is 6.67 Å². The molecule has 0 aliphatic heterocycles. The lowest BCUT2D eigenvalue weighted by Crippen LogP contribution is -2.11. The maximum Gasteiger partial charge on any atom is 0.109 e. The lowest BCUT2D eigenvalue weighted by Gasteiger charge is -2.05. The minimum absolute atomic E-state index is 0. The van der Waals surface area contributed by atoms with Gasteiger partial charge in [0.1, 0.15) is 6.67 Å². The molecule has 1 aromatic carbocycles. The number of rotatable bonds is 2. The van der Waals surface area contributed by atoms with Gasteiger partial charge >= 0.3 is 0 Å². The number of nitrogens with two attached hydrogens (primary N) is 1. The van der Waals surface area contributed by atoms with E-state index in [1.807, 2.05) is 24.3 Å². The monoisotopic (exact) mass is 301 g/mol. The summed E-state index contributed by atoms with van der Waals surface area (Å²) in [4.78, 5) is 0. The molecule has 12 heavy (non-hydrogen) atoms. The van der Waals surface area contributed by atoms with Gasteiger partial charge in [0.05, 0.1) is 6.04 Å². The van der Waals surface area contributed by atoms with Crippen LogP contribution < -0.4 is 5.73 Å². The zero-order chi connectivity index (χ0) is 8.27. The van der Waals surface area contributed by atoms with Gasteiger partial charge < -0.3 is 5.73 Å². The van der Waals surface area contributed by atoms with Gasteiger partial charge in [-0.3, -0.25) is 0 Å². The molecule has 0 heterocycles. The number of hydrogen-bond donors (Lipinski definition) is 1. The zero-order valence-electron chi connectivity index (χ0n) is 6.34. The van der Waals surface area contributed by atoms with Crippen molar-refractivity contribution in [1.29, 1.82) is 0 Å². The van der Waals surface area contributed by atoms with Crippen LogP contribution in [0, 0.1) is 3.57 Å². The van der Waals surface area contributed by atoms with Crippen LogP contribution in [0.5, 0.6) is 0 Å². The molecular weight excluding hydrogens is 291 g/mol. The van der Waals surface area contributed by atoms with Gasteiger partial charge in [-0.1, -0.05) is 12.1 Å². The van der Waals surface area contributed by atoms with Gasteiger partial charge in [0, 0.05) is 3.57 Å². The number of benzene rings is 1. The molecule has 1 rings (SSSR count). The predicted octanol–water partition coefficient (Wildman–Crippen LogP) is 2.68. The molecular formula is C8H10ClFIN. The molecule has 1 aromatic rings. The van der Waals surface area contributed by atoms with E-state index in [2.05, 4.69) is 22.6 Å². The first kappa shape index (κ1) is 12.1. The molecule has 0 aliphatic carbocycles. The average molecular weight is 302 g/mol. The minimum Gasteiger partial charge on any atom is -0.322 e. The molecule has 0 spiro atoms. The SMILES string of the molecule is Cl.N[C@H](CF)c1ccc(I)cc1. The molecule has 4 heteroatoms. The molecule has 0 radical (unpaired) electrons. The van der Waals surface area contributed by atoms with Gasteiger partial charge in [0.15, 0.2) is 0 Å². The van der Waals surface area contributed by atoms with Crippen LogP contribution in [-0.2, 0) is 0 Å². The topological polar surface area (TPSA) is 26.0 Å². The van der Waals surface area contributed by atoms with Crippen LogP contribution in [-0.4, -0.2) is 6.67 Å². The van der Waals surface area contributed by atoms with Crippen LogP contribution in [0.1, 0.15) is 11.6 Å². The van der Waals surface area contributed by atoms with Gasteiger partial charge in [-0.05, 0) is 40.3 Å². The van der Waals surface area contributed by atoms with Crippen molar-refractivity contribution in [3.63, 3.8) is 0 Å². The van der Waals surface area contributed by atoms with Gasteiger partial charge in [-0.25, -0.2) is 4.39 Å². The summed E-state index contributed by atoms with van der Waals surface area (Å²) < 4.78 is 13.2. The highest BCUT2D eigenvalue weighted by Gasteiger charge is 2.03. The molecule has 0 aromatic heterocycles. The third-order valence-corrected chi connectivity index (χ3v) is 2.18. The summed E-state index contributed by atoms with van der Waals surface area (Å²) in [5.41, 5.74) is 6.32. The van der Waals surface area contributed by atoms with E-state index >= 15 is 0 Å². The second-order valence-electron chi connectivity index (χ2n) is 2.31. The van der Waals surface area contributed by atoms with Crippen LogP contribution in [0.4, 0.5) is 4.39 Å². The van der Waals surface area contributed by atoms with E-state index in [0.29, 0.717) is 0 Å². The van der Waals surface area contributed by atoms with E-state index in [-0.39, 0.29) is 12.4 Å². The molecule has 0 saturated carbocycles. The first-order valence-electron chi connectivity index (χ1n) is 3.31. The van der Waals surface area contributed by atoms with E-state index in [4.69, 9.17) is 5.73 Å². The van der Waals surface area contributed by atoms with E-state index in [0.717, 1.165) is 9.13 Å². The zero-order valence-corrected chi connectivity index (χ0v) is 9.31. The number of halogens is 3. The molecule has 0 unspecified atom stereocenters. The molecule has 68 valence electrons. The van der Waals surface area contributed by atoms with Crippen LogP contribution in [0.3, 0.4) is 0 Å². The fraction of sp³-hybridized carbons (Fsp3) is 0.250. The van der Waals surface area contributed by atoms with E-state index in [9.17, 15) is 4.39 Å². The van der Waals surface area contributed by atoms with Crippen molar-refractivity contribution < 1.29 is 4.39 Å². The van der Waals surface area contributed by atoms with E-state index in [1.165, 1.54) is 0 Å². The summed E-state index contributed by atoms with van der Waals surface area (Å²) >= 11 is 2.20. The standard InChI is InChI=1S/C8H9FIN.ClH/c9-5-8(11)6-1-3-7(10)4-2-6;/h1-4,8H,5,11H2;1H/t8-;/m1./s1. The summed E-state index contributed by atoms with van der Waals surface area (Å²) in [6, 6.07) is 7.08. The maximum atomic E-state index is 12.0. The fourth-order valence-corrected chi connectivity index (χ4v) is 1.16. The number of alkyl halides is 1. The summed E-state index contributed by atoms with van der Waals surface area (Å²) in [7, 11) is 0. The average Bonchev–Trinajstić information content (AvgIpc) is 2.05. The summed E-state index contributed by atoms with van der Waals surface area (Å²) in [5.74, 6) is 0. The van der Waals surface area contributed by atoms with E-state index < -0.39 is 12.7 Å². The highest BCUT2D eigenvalue weighted by molar-refractivity contribution is 14.1. The van der Waals surface area contributed by atoms with Gasteiger partial charge in [0.2, 0.25) is 0 Å². The van der Waals surface area contributed by atoms with Gasteiger partial charge in [-0.2, -0.15) is 0 Å². The van der Waals surface area contributed by atoms with Gasteiger partial charge in [-0.15, -0.1) is 12.4 Å². The normalized spacial score (nSPS) is 11.9. The molecule has 0 fully saturated rings. The van der Waals surface area contributed by atoms with E-state index in [1.54, 1.807) is 0 Å². The Labute approximate surface area is 91.1 Å². The highest BCUT2D eigenvalue weighted by Crippen LogP contribution is 2.12. The van der Waals surface area contributed by atoms with Crippen LogP contribution >= 0.6 is 35.0 Å². The Morgan fingerprint density at radius 1 is 1.33 bits per heavy atom. The first-order valence-corrected chi connectivity index (χ1v) is 4.39. The number of hydrogen-bond acceptors (Lipinski definition) is 1. The summed E-state index contributed by atoms with van der Waals surface area (Å²) in [6.45, 7) is -0.499. The quantitative estimate of drug-likeness (QED) is 0.835. The van der Waals surface area contributed by atoms with Crippen LogP contribution in [0.15, 0.2) is 24.3 Å². The van der Waals surface area contributed by atoms with Crippen molar-refractivity contribution in [3.05, 3.63) is 33.4 Å². The van der Waals surface area contributed by atoms with Crippen molar-refractivity contribution in [3.8, 4) is 0 Å². The molecule has 0 saturated heterocycles. The Morgan fingerprint density at radius 3 is 2.25 bits per heavy atom. The fourth-order valence-electron chi connectivity index (χ4n) is 0.799. The van der Waals surface area contributed by atoms with Crippen molar-refractivity contribution in [2.45, 2.75) is 6.04 Å². The lowest BCUT2D eigenvalue weighted by molar-refractivity contribution is 0.437. The lowest BCUT2D eigenvalue weighted by atomic mass is 10.1. The molecule has 0 aliphatic rings. The maximum absolute atomic E-state index is 12.0. The molecule has 2 N–H and O–H groups in total. The second-order valence-corrected chi connectivity index (χ2v) is 3.56. The van der Waals surface area contributed by atoms with Crippen molar-refractivity contribution in [1.82, 2.24) is 0 Å². The Balaban J connectivity index is 0.00000121. The Hall–Kier alpha value is 0.130. The molecule has 1 atom stereocenters. The minimum atomic E-state index is -0.499. The smallest absolute Gasteiger partial charge is 0.109 e. The van der Waals surface area contributed by atoms with Crippen LogP contribution in [0.2, 0.25) is 0 Å².